The maximum Gasteiger partial charge on any atom is 0.255 e. The monoisotopic (exact) mass is 547 g/mol. The van der Waals surface area contributed by atoms with E-state index < -0.39 is 24.0 Å². The summed E-state index contributed by atoms with van der Waals surface area (Å²) in [6.45, 7) is 0.345. The Morgan fingerprint density at radius 3 is 2.62 bits per heavy atom. The zero-order valence-corrected chi connectivity index (χ0v) is 22.8. The van der Waals surface area contributed by atoms with Crippen molar-refractivity contribution in [1.82, 2.24) is 15.2 Å². The van der Waals surface area contributed by atoms with Gasteiger partial charge >= 0.3 is 0 Å². The molecular weight excluding hydrogens is 510 g/mol. The average molecular weight is 548 g/mol. The van der Waals surface area contributed by atoms with Gasteiger partial charge in [-0.2, -0.15) is 0 Å². The maximum atomic E-state index is 13.5. The van der Waals surface area contributed by atoms with Crippen LogP contribution in [0.25, 0.3) is 0 Å². The Morgan fingerprint density at radius 2 is 1.82 bits per heavy atom. The number of aliphatic hydroxyl groups excluding tert-OH is 2. The number of hydrogen-bond donors (Lipinski definition) is 3. The number of benzene rings is 2. The van der Waals surface area contributed by atoms with Gasteiger partial charge in [-0.15, -0.1) is 0 Å². The topological polar surface area (TPSA) is 125 Å². The standard InChI is InChI=1S/C31H37N3O6/c1-39-25-14-8-6-12-22(25)17-23-19-40-26(33-23)18-32-30(37)28(35)29(36)31(38)34-16-15-20-9-5-7-13-24(20)27(34)21-10-3-2-4-11-21/h5-9,12-14,19,21,27-29,35-36H,2-4,10-11,15-18H2,1H3,(H,32,37)/t27-,28+,29+/m0/s1. The van der Waals surface area contributed by atoms with Gasteiger partial charge in [0.15, 0.2) is 12.2 Å². The van der Waals surface area contributed by atoms with Crippen molar-refractivity contribution in [2.75, 3.05) is 13.7 Å². The minimum absolute atomic E-state index is 0.0927. The third-order valence-electron chi connectivity index (χ3n) is 8.11. The van der Waals surface area contributed by atoms with Crippen molar-refractivity contribution in [2.45, 2.75) is 69.7 Å². The molecule has 9 nitrogen and oxygen atoms in total. The second kappa shape index (κ2) is 12.7. The number of aromatic nitrogens is 1. The molecule has 212 valence electrons. The summed E-state index contributed by atoms with van der Waals surface area (Å²) in [4.78, 5) is 32.3. The number of nitrogens with zero attached hydrogens (tertiary/aromatic N) is 2. The number of methoxy groups -OCH3 is 1. The second-order valence-electron chi connectivity index (χ2n) is 10.7. The normalized spacial score (nSPS) is 19.0. The first kappa shape index (κ1) is 27.9. The Morgan fingerprint density at radius 1 is 1.07 bits per heavy atom. The first-order valence-corrected chi connectivity index (χ1v) is 14.0. The van der Waals surface area contributed by atoms with Crippen LogP contribution in [0.2, 0.25) is 0 Å². The van der Waals surface area contributed by atoms with Crippen LogP contribution in [0.3, 0.4) is 0 Å². The summed E-state index contributed by atoms with van der Waals surface area (Å²) in [6, 6.07) is 15.6. The van der Waals surface area contributed by atoms with Gasteiger partial charge in [-0.25, -0.2) is 4.98 Å². The fraction of sp³-hybridized carbons (Fsp3) is 0.452. The van der Waals surface area contributed by atoms with Crippen LogP contribution in [0, 0.1) is 5.92 Å². The van der Waals surface area contributed by atoms with E-state index in [4.69, 9.17) is 9.15 Å². The van der Waals surface area contributed by atoms with Crippen LogP contribution in [0.1, 0.15) is 66.4 Å². The lowest BCUT2D eigenvalue weighted by molar-refractivity contribution is -0.156. The predicted octanol–water partition coefficient (Wildman–Crippen LogP) is 3.32. The van der Waals surface area contributed by atoms with Crippen LogP contribution < -0.4 is 10.1 Å². The molecule has 2 aliphatic rings. The highest BCUT2D eigenvalue weighted by atomic mass is 16.5. The SMILES string of the molecule is COc1ccccc1Cc1coc(CNC(=O)[C@H](O)[C@@H](O)C(=O)N2CCc3ccccc3[C@@H]2C2CCCCC2)n1. The third kappa shape index (κ3) is 6.05. The smallest absolute Gasteiger partial charge is 0.255 e. The van der Waals surface area contributed by atoms with Crippen LogP contribution in [-0.2, 0) is 29.0 Å². The highest BCUT2D eigenvalue weighted by Gasteiger charge is 2.41. The molecule has 0 unspecified atom stereocenters. The van der Waals surface area contributed by atoms with Gasteiger partial charge < -0.3 is 29.6 Å². The van der Waals surface area contributed by atoms with E-state index in [0.717, 1.165) is 42.6 Å². The first-order chi connectivity index (χ1) is 19.5. The quantitative estimate of drug-likeness (QED) is 0.375. The lowest BCUT2D eigenvalue weighted by Gasteiger charge is -2.44. The van der Waals surface area contributed by atoms with E-state index >= 15 is 0 Å². The average Bonchev–Trinajstić information content (AvgIpc) is 3.46. The fourth-order valence-corrected chi connectivity index (χ4v) is 6.07. The molecule has 0 radical (unpaired) electrons. The second-order valence-corrected chi connectivity index (χ2v) is 10.7. The molecule has 5 rings (SSSR count). The Kier molecular flexibility index (Phi) is 8.81. The molecule has 9 heteroatoms. The molecule has 2 heterocycles. The van der Waals surface area contributed by atoms with E-state index in [1.165, 1.54) is 18.2 Å². The summed E-state index contributed by atoms with van der Waals surface area (Å²) < 4.78 is 10.8. The summed E-state index contributed by atoms with van der Waals surface area (Å²) in [5.74, 6) is -0.214. The highest BCUT2D eigenvalue weighted by Crippen LogP contribution is 2.42. The molecule has 0 saturated heterocycles. The van der Waals surface area contributed by atoms with E-state index in [-0.39, 0.29) is 24.4 Å². The third-order valence-corrected chi connectivity index (χ3v) is 8.11. The van der Waals surface area contributed by atoms with E-state index in [1.807, 2.05) is 36.4 Å². The number of oxazole rings is 1. The number of carbonyl (C=O) groups is 2. The maximum absolute atomic E-state index is 13.5. The molecule has 40 heavy (non-hydrogen) atoms. The summed E-state index contributed by atoms with van der Waals surface area (Å²) in [6.07, 6.45) is 4.30. The Hall–Kier alpha value is -3.69. The number of carbonyl (C=O) groups excluding carboxylic acids is 2. The molecule has 2 amide bonds. The number of nitrogens with one attached hydrogen (secondary N) is 1. The van der Waals surface area contributed by atoms with E-state index in [1.54, 1.807) is 12.0 Å². The number of para-hydroxylation sites is 1. The van der Waals surface area contributed by atoms with Crippen LogP contribution >= 0.6 is 0 Å². The van der Waals surface area contributed by atoms with Crippen molar-refractivity contribution >= 4 is 11.8 Å². The van der Waals surface area contributed by atoms with Crippen molar-refractivity contribution in [3.8, 4) is 5.75 Å². The predicted molar refractivity (Wildman–Crippen MR) is 147 cm³/mol. The Balaban J connectivity index is 1.21. The van der Waals surface area contributed by atoms with Gasteiger partial charge in [0, 0.05) is 18.5 Å². The Bertz CT molecular complexity index is 1320. The number of rotatable bonds is 9. The lowest BCUT2D eigenvalue weighted by Crippen LogP contribution is -2.53. The first-order valence-electron chi connectivity index (χ1n) is 14.0. The van der Waals surface area contributed by atoms with Crippen molar-refractivity contribution < 1.29 is 29.0 Å². The number of fused-ring (bicyclic) bond motifs is 1. The molecule has 1 saturated carbocycles. The van der Waals surface area contributed by atoms with Crippen molar-refractivity contribution in [3.05, 3.63) is 83.1 Å². The van der Waals surface area contributed by atoms with Crippen molar-refractivity contribution in [1.29, 1.82) is 0 Å². The summed E-state index contributed by atoms with van der Waals surface area (Å²) >= 11 is 0. The number of ether oxygens (including phenoxy) is 1. The van der Waals surface area contributed by atoms with Crippen LogP contribution in [-0.4, -0.2) is 57.8 Å². The molecule has 2 aromatic carbocycles. The minimum atomic E-state index is -1.92. The minimum Gasteiger partial charge on any atom is -0.496 e. The molecule has 3 atom stereocenters. The number of amides is 2. The molecule has 1 fully saturated rings. The van der Waals surface area contributed by atoms with Crippen molar-refractivity contribution in [3.63, 3.8) is 0 Å². The van der Waals surface area contributed by atoms with Gasteiger partial charge in [0.25, 0.3) is 11.8 Å². The largest absolute Gasteiger partial charge is 0.496 e. The van der Waals surface area contributed by atoms with Gasteiger partial charge in [-0.05, 0) is 42.4 Å². The molecule has 3 N–H and O–H groups in total. The van der Waals surface area contributed by atoms with Crippen LogP contribution in [0.4, 0.5) is 0 Å². The molecule has 1 aliphatic carbocycles. The molecule has 0 bridgehead atoms. The van der Waals surface area contributed by atoms with E-state index in [0.29, 0.717) is 25.1 Å². The molecule has 1 aliphatic heterocycles. The van der Waals surface area contributed by atoms with Crippen molar-refractivity contribution in [2.24, 2.45) is 5.92 Å². The van der Waals surface area contributed by atoms with Gasteiger partial charge in [0.05, 0.1) is 25.4 Å². The van der Waals surface area contributed by atoms with Gasteiger partial charge in [0.1, 0.15) is 12.0 Å². The van der Waals surface area contributed by atoms with Crippen LogP contribution in [0.15, 0.2) is 59.2 Å². The highest BCUT2D eigenvalue weighted by molar-refractivity contribution is 5.91. The van der Waals surface area contributed by atoms with E-state index in [2.05, 4.69) is 22.4 Å². The fourth-order valence-electron chi connectivity index (χ4n) is 6.07. The summed E-state index contributed by atoms with van der Waals surface area (Å²) in [5.41, 5.74) is 3.92. The van der Waals surface area contributed by atoms with E-state index in [9.17, 15) is 19.8 Å². The lowest BCUT2D eigenvalue weighted by atomic mass is 9.77. The summed E-state index contributed by atoms with van der Waals surface area (Å²) in [7, 11) is 1.60. The van der Waals surface area contributed by atoms with Gasteiger partial charge in [-0.3, -0.25) is 9.59 Å². The summed E-state index contributed by atoms with van der Waals surface area (Å²) in [5, 5.41) is 24.0. The molecule has 3 aromatic rings. The zero-order valence-electron chi connectivity index (χ0n) is 22.8. The number of hydrogen-bond acceptors (Lipinski definition) is 7. The molecule has 1 aromatic heterocycles. The molecular formula is C31H37N3O6. The zero-order chi connectivity index (χ0) is 28.1. The van der Waals surface area contributed by atoms with Gasteiger partial charge in [-0.1, -0.05) is 61.7 Å². The van der Waals surface area contributed by atoms with Gasteiger partial charge in [0.2, 0.25) is 5.89 Å². The van der Waals surface area contributed by atoms with Crippen LogP contribution in [0.5, 0.6) is 5.75 Å². The number of aliphatic hydroxyl groups is 2. The molecule has 0 spiro atoms. The Labute approximate surface area is 234 Å².